The Morgan fingerprint density at radius 3 is 2.54 bits per heavy atom. The van der Waals surface area contributed by atoms with Crippen LogP contribution < -0.4 is 20.1 Å². The highest BCUT2D eigenvalue weighted by molar-refractivity contribution is 5.79. The zero-order valence-electron chi connectivity index (χ0n) is 15.5. The van der Waals surface area contributed by atoms with Crippen molar-refractivity contribution < 1.29 is 13.9 Å². The van der Waals surface area contributed by atoms with Crippen molar-refractivity contribution in [3.05, 3.63) is 59.4 Å². The number of guanidine groups is 1. The third-order valence-corrected chi connectivity index (χ3v) is 3.88. The lowest BCUT2D eigenvalue weighted by Gasteiger charge is -2.13. The van der Waals surface area contributed by atoms with Crippen LogP contribution in [0.2, 0.25) is 0 Å². The second-order valence-electron chi connectivity index (χ2n) is 5.64. The molecule has 0 amide bonds. The molecule has 0 heterocycles. The van der Waals surface area contributed by atoms with Gasteiger partial charge in [-0.2, -0.15) is 0 Å². The fourth-order valence-corrected chi connectivity index (χ4v) is 2.53. The van der Waals surface area contributed by atoms with E-state index in [-0.39, 0.29) is 12.4 Å². The van der Waals surface area contributed by atoms with Crippen LogP contribution in [0.5, 0.6) is 11.5 Å². The zero-order chi connectivity index (χ0) is 18.8. The second kappa shape index (κ2) is 10.3. The number of benzene rings is 2. The minimum Gasteiger partial charge on any atom is -0.497 e. The molecule has 0 aliphatic heterocycles. The highest BCUT2D eigenvalue weighted by atomic mass is 19.1. The molecular formula is C20H26FN3O2. The third kappa shape index (κ3) is 5.65. The van der Waals surface area contributed by atoms with Crippen LogP contribution in [0.15, 0.2) is 47.5 Å². The minimum atomic E-state index is -0.242. The van der Waals surface area contributed by atoms with Crippen LogP contribution in [0.4, 0.5) is 4.39 Å². The predicted octanol–water partition coefficient (Wildman–Crippen LogP) is 3.14. The van der Waals surface area contributed by atoms with Crippen molar-refractivity contribution in [3.63, 3.8) is 0 Å². The lowest BCUT2D eigenvalue weighted by molar-refractivity contribution is 0.398. The van der Waals surface area contributed by atoms with Crippen molar-refractivity contribution in [2.75, 3.05) is 27.3 Å². The summed E-state index contributed by atoms with van der Waals surface area (Å²) in [5.74, 6) is 2.02. The largest absolute Gasteiger partial charge is 0.497 e. The summed E-state index contributed by atoms with van der Waals surface area (Å²) < 4.78 is 24.4. The van der Waals surface area contributed by atoms with Crippen molar-refractivity contribution in [3.8, 4) is 11.5 Å². The van der Waals surface area contributed by atoms with Crippen LogP contribution in [0, 0.1) is 5.82 Å². The lowest BCUT2D eigenvalue weighted by atomic mass is 10.1. The topological polar surface area (TPSA) is 54.9 Å². The molecule has 0 aromatic heterocycles. The van der Waals surface area contributed by atoms with Crippen LogP contribution in [0.25, 0.3) is 0 Å². The maximum atomic E-state index is 13.7. The summed E-state index contributed by atoms with van der Waals surface area (Å²) >= 11 is 0. The highest BCUT2D eigenvalue weighted by Gasteiger charge is 2.06. The number of halogens is 1. The average Bonchev–Trinajstić information content (AvgIpc) is 2.67. The summed E-state index contributed by atoms with van der Waals surface area (Å²) in [5, 5.41) is 6.44. The number of rotatable bonds is 8. The summed E-state index contributed by atoms with van der Waals surface area (Å²) in [6, 6.07) is 12.4. The first-order valence-electron chi connectivity index (χ1n) is 8.64. The fraction of sp³-hybridized carbons (Fsp3) is 0.350. The summed E-state index contributed by atoms with van der Waals surface area (Å²) in [6.07, 6.45) is 0.741. The van der Waals surface area contributed by atoms with Crippen LogP contribution in [0.1, 0.15) is 18.1 Å². The zero-order valence-corrected chi connectivity index (χ0v) is 15.5. The molecule has 140 valence electrons. The summed E-state index contributed by atoms with van der Waals surface area (Å²) in [6.45, 7) is 3.66. The molecule has 6 heteroatoms. The summed E-state index contributed by atoms with van der Waals surface area (Å²) in [7, 11) is 3.29. The number of hydrogen-bond acceptors (Lipinski definition) is 3. The molecule has 0 bridgehead atoms. The van der Waals surface area contributed by atoms with Gasteiger partial charge in [-0.3, -0.25) is 0 Å². The van der Waals surface area contributed by atoms with E-state index in [2.05, 4.69) is 15.6 Å². The fourth-order valence-electron chi connectivity index (χ4n) is 2.53. The van der Waals surface area contributed by atoms with E-state index in [1.54, 1.807) is 26.4 Å². The molecule has 0 atom stereocenters. The van der Waals surface area contributed by atoms with Crippen molar-refractivity contribution >= 4 is 5.96 Å². The van der Waals surface area contributed by atoms with E-state index in [4.69, 9.17) is 9.47 Å². The van der Waals surface area contributed by atoms with Gasteiger partial charge in [0.2, 0.25) is 0 Å². The Morgan fingerprint density at radius 1 is 1.04 bits per heavy atom. The van der Waals surface area contributed by atoms with E-state index in [1.165, 1.54) is 6.07 Å². The number of aliphatic imine (C=N–C) groups is 1. The first-order valence-corrected chi connectivity index (χ1v) is 8.64. The maximum absolute atomic E-state index is 13.7. The molecule has 26 heavy (non-hydrogen) atoms. The predicted molar refractivity (Wildman–Crippen MR) is 102 cm³/mol. The monoisotopic (exact) mass is 359 g/mol. The minimum absolute atomic E-state index is 0.242. The van der Waals surface area contributed by atoms with Crippen LogP contribution >= 0.6 is 0 Å². The van der Waals surface area contributed by atoms with Gasteiger partial charge in [0.25, 0.3) is 0 Å². The molecule has 0 aliphatic rings. The van der Waals surface area contributed by atoms with E-state index < -0.39 is 0 Å². The van der Waals surface area contributed by atoms with Gasteiger partial charge in [-0.1, -0.05) is 18.2 Å². The summed E-state index contributed by atoms with van der Waals surface area (Å²) in [4.78, 5) is 4.45. The normalized spacial score (nSPS) is 11.2. The molecular weight excluding hydrogens is 333 g/mol. The van der Waals surface area contributed by atoms with Crippen LogP contribution in [-0.4, -0.2) is 33.3 Å². The number of nitrogens with one attached hydrogen (secondary N) is 2. The highest BCUT2D eigenvalue weighted by Crippen LogP contribution is 2.24. The van der Waals surface area contributed by atoms with Gasteiger partial charge >= 0.3 is 0 Å². The number of ether oxygens (including phenoxy) is 2. The van der Waals surface area contributed by atoms with Gasteiger partial charge in [0.05, 0.1) is 20.8 Å². The molecule has 5 nitrogen and oxygen atoms in total. The molecule has 0 unspecified atom stereocenters. The standard InChI is InChI=1S/C20H26FN3O2/c1-4-22-20(24-14-16-7-5-6-8-18(16)21)23-12-11-15-13-17(25-2)9-10-19(15)26-3/h5-10,13H,4,11-12,14H2,1-3H3,(H2,22,23,24). The van der Waals surface area contributed by atoms with Gasteiger partial charge in [0.1, 0.15) is 17.3 Å². The molecule has 0 radical (unpaired) electrons. The van der Waals surface area contributed by atoms with E-state index in [0.29, 0.717) is 18.1 Å². The number of nitrogens with zero attached hydrogens (tertiary/aromatic N) is 1. The van der Waals surface area contributed by atoms with Crippen molar-refractivity contribution in [2.24, 2.45) is 4.99 Å². The van der Waals surface area contributed by atoms with Gasteiger partial charge < -0.3 is 20.1 Å². The van der Waals surface area contributed by atoms with Gasteiger partial charge in [0.15, 0.2) is 5.96 Å². The van der Waals surface area contributed by atoms with E-state index >= 15 is 0 Å². The van der Waals surface area contributed by atoms with Crippen molar-refractivity contribution in [2.45, 2.75) is 19.9 Å². The van der Waals surface area contributed by atoms with Crippen molar-refractivity contribution in [1.29, 1.82) is 0 Å². The summed E-state index contributed by atoms with van der Waals surface area (Å²) in [5.41, 5.74) is 1.61. The van der Waals surface area contributed by atoms with Gasteiger partial charge in [-0.25, -0.2) is 9.38 Å². The third-order valence-electron chi connectivity index (χ3n) is 3.88. The molecule has 0 aliphatic carbocycles. The van der Waals surface area contributed by atoms with Gasteiger partial charge in [-0.05, 0) is 43.2 Å². The van der Waals surface area contributed by atoms with Crippen LogP contribution in [0.3, 0.4) is 0 Å². The quantitative estimate of drug-likeness (QED) is 0.562. The van der Waals surface area contributed by atoms with E-state index in [9.17, 15) is 4.39 Å². The molecule has 0 fully saturated rings. The SMILES string of the molecule is CCNC(=NCc1ccccc1F)NCCc1cc(OC)ccc1OC. The lowest BCUT2D eigenvalue weighted by Crippen LogP contribution is -2.38. The second-order valence-corrected chi connectivity index (χ2v) is 5.64. The van der Waals surface area contributed by atoms with Gasteiger partial charge in [-0.15, -0.1) is 0 Å². The Balaban J connectivity index is 1.98. The Hall–Kier alpha value is -2.76. The molecule has 2 aromatic rings. The molecule has 0 spiro atoms. The molecule has 0 saturated heterocycles. The van der Waals surface area contributed by atoms with Crippen LogP contribution in [-0.2, 0) is 13.0 Å². The number of hydrogen-bond donors (Lipinski definition) is 2. The van der Waals surface area contributed by atoms with Crippen molar-refractivity contribution in [1.82, 2.24) is 10.6 Å². The number of methoxy groups -OCH3 is 2. The van der Waals surface area contributed by atoms with Gasteiger partial charge in [0, 0.05) is 18.7 Å². The Bertz CT molecular complexity index is 735. The molecule has 0 saturated carbocycles. The maximum Gasteiger partial charge on any atom is 0.191 e. The average molecular weight is 359 g/mol. The Kier molecular flexibility index (Phi) is 7.74. The molecule has 2 aromatic carbocycles. The Labute approximate surface area is 154 Å². The van der Waals surface area contributed by atoms with E-state index in [1.807, 2.05) is 31.2 Å². The smallest absolute Gasteiger partial charge is 0.191 e. The first-order chi connectivity index (χ1) is 12.7. The molecule has 2 rings (SSSR count). The molecule has 2 N–H and O–H groups in total. The van der Waals surface area contributed by atoms with E-state index in [0.717, 1.165) is 30.0 Å². The Morgan fingerprint density at radius 2 is 1.85 bits per heavy atom. The first kappa shape index (κ1) is 19.6.